The number of aromatic nitrogens is 1. The van der Waals surface area contributed by atoms with Crippen molar-refractivity contribution in [3.05, 3.63) is 95.2 Å². The highest BCUT2D eigenvalue weighted by atomic mass is 16.7. The third-order valence-corrected chi connectivity index (χ3v) is 6.49. The molecule has 6 heteroatoms. The zero-order chi connectivity index (χ0) is 22.4. The van der Waals surface area contributed by atoms with Gasteiger partial charge in [-0.05, 0) is 41.8 Å². The fourth-order valence-electron chi connectivity index (χ4n) is 5.08. The standard InChI is InChI=1S/C27H24N2O4/c1-2-31-27(30)26-22(16-8-4-3-5-9-16)23-18-10-6-7-11-19(18)28-25(23)24(29-26)17-12-13-20-21(14-17)33-15-32-20/h3-14,22,24,26,28-29H,2,15H2,1H3/t22-,24+,26+/m0/s1. The minimum Gasteiger partial charge on any atom is -0.465 e. The molecule has 0 saturated carbocycles. The van der Waals surface area contributed by atoms with Crippen LogP contribution in [0.4, 0.5) is 0 Å². The van der Waals surface area contributed by atoms with Crippen molar-refractivity contribution in [2.45, 2.75) is 24.9 Å². The van der Waals surface area contributed by atoms with Crippen molar-refractivity contribution in [2.75, 3.05) is 13.4 Å². The van der Waals surface area contributed by atoms with Gasteiger partial charge in [0.05, 0.1) is 12.6 Å². The van der Waals surface area contributed by atoms with E-state index in [0.29, 0.717) is 12.4 Å². The Morgan fingerprint density at radius 1 is 0.970 bits per heavy atom. The maximum atomic E-state index is 13.3. The summed E-state index contributed by atoms with van der Waals surface area (Å²) in [6.07, 6.45) is 0. The lowest BCUT2D eigenvalue weighted by atomic mass is 9.78. The van der Waals surface area contributed by atoms with Crippen molar-refractivity contribution in [2.24, 2.45) is 0 Å². The molecule has 0 bridgehead atoms. The van der Waals surface area contributed by atoms with E-state index in [1.165, 1.54) is 0 Å². The topological polar surface area (TPSA) is 72.6 Å². The van der Waals surface area contributed by atoms with Crippen molar-refractivity contribution < 1.29 is 19.0 Å². The Kier molecular flexibility index (Phi) is 4.80. The summed E-state index contributed by atoms with van der Waals surface area (Å²) in [6, 6.07) is 23.5. The molecule has 4 aromatic rings. The van der Waals surface area contributed by atoms with Gasteiger partial charge in [0.2, 0.25) is 6.79 Å². The molecule has 6 nitrogen and oxygen atoms in total. The first-order valence-electron chi connectivity index (χ1n) is 11.2. The lowest BCUT2D eigenvalue weighted by Gasteiger charge is -2.37. The first kappa shape index (κ1) is 19.9. The van der Waals surface area contributed by atoms with Crippen LogP contribution in [0.1, 0.15) is 41.3 Å². The van der Waals surface area contributed by atoms with Gasteiger partial charge in [0.25, 0.3) is 0 Å². The van der Waals surface area contributed by atoms with Crippen molar-refractivity contribution in [1.29, 1.82) is 0 Å². The second kappa shape index (κ2) is 7.98. The molecule has 3 heterocycles. The summed E-state index contributed by atoms with van der Waals surface area (Å²) in [6.45, 7) is 2.38. The molecule has 6 rings (SSSR count). The van der Waals surface area contributed by atoms with E-state index in [9.17, 15) is 4.79 Å². The van der Waals surface area contributed by atoms with Gasteiger partial charge in [-0.3, -0.25) is 10.1 Å². The van der Waals surface area contributed by atoms with Crippen LogP contribution in [0.5, 0.6) is 11.5 Å². The molecular formula is C27H24N2O4. The van der Waals surface area contributed by atoms with Gasteiger partial charge in [-0.15, -0.1) is 0 Å². The molecule has 0 saturated heterocycles. The van der Waals surface area contributed by atoms with Crippen LogP contribution in [0.2, 0.25) is 0 Å². The number of carbonyl (C=O) groups excluding carboxylic acids is 1. The highest BCUT2D eigenvalue weighted by Gasteiger charge is 2.43. The number of ether oxygens (including phenoxy) is 3. The van der Waals surface area contributed by atoms with Gasteiger partial charge in [0.1, 0.15) is 6.04 Å². The van der Waals surface area contributed by atoms with Gasteiger partial charge < -0.3 is 19.2 Å². The number of H-pyrrole nitrogens is 1. The predicted molar refractivity (Wildman–Crippen MR) is 125 cm³/mol. The quantitative estimate of drug-likeness (QED) is 0.452. The molecule has 0 radical (unpaired) electrons. The number of rotatable bonds is 4. The van der Waals surface area contributed by atoms with Gasteiger partial charge in [-0.1, -0.05) is 54.6 Å². The second-order valence-electron chi connectivity index (χ2n) is 8.33. The summed E-state index contributed by atoms with van der Waals surface area (Å²) in [5.74, 6) is 0.995. The summed E-state index contributed by atoms with van der Waals surface area (Å²) >= 11 is 0. The van der Waals surface area contributed by atoms with Crippen molar-refractivity contribution in [1.82, 2.24) is 10.3 Å². The summed E-state index contributed by atoms with van der Waals surface area (Å²) in [7, 11) is 0. The average molecular weight is 440 g/mol. The van der Waals surface area contributed by atoms with Crippen LogP contribution in [0, 0.1) is 0 Å². The zero-order valence-corrected chi connectivity index (χ0v) is 18.2. The van der Waals surface area contributed by atoms with E-state index in [0.717, 1.165) is 39.0 Å². The maximum Gasteiger partial charge on any atom is 0.324 e. The van der Waals surface area contributed by atoms with Gasteiger partial charge in [0, 0.05) is 22.5 Å². The van der Waals surface area contributed by atoms with Crippen LogP contribution < -0.4 is 14.8 Å². The number of fused-ring (bicyclic) bond motifs is 4. The normalized spacial score (nSPS) is 21.1. The van der Waals surface area contributed by atoms with Crippen molar-refractivity contribution in [3.8, 4) is 11.5 Å². The minimum atomic E-state index is -0.547. The smallest absolute Gasteiger partial charge is 0.324 e. The van der Waals surface area contributed by atoms with Gasteiger partial charge in [-0.25, -0.2) is 0 Å². The summed E-state index contributed by atoms with van der Waals surface area (Å²) in [5.41, 5.74) is 5.27. The monoisotopic (exact) mass is 440 g/mol. The number of para-hydroxylation sites is 1. The molecule has 2 N–H and O–H groups in total. The number of hydrogen-bond acceptors (Lipinski definition) is 5. The molecule has 2 aliphatic heterocycles. The highest BCUT2D eigenvalue weighted by Crippen LogP contribution is 2.45. The number of esters is 1. The van der Waals surface area contributed by atoms with Crippen molar-refractivity contribution in [3.63, 3.8) is 0 Å². The second-order valence-corrected chi connectivity index (χ2v) is 8.33. The molecule has 0 spiro atoms. The van der Waals surface area contributed by atoms with Gasteiger partial charge >= 0.3 is 5.97 Å². The molecule has 0 amide bonds. The van der Waals surface area contributed by atoms with Crippen LogP contribution in [0.15, 0.2) is 72.8 Å². The van der Waals surface area contributed by atoms with E-state index in [1.54, 1.807) is 0 Å². The van der Waals surface area contributed by atoms with E-state index in [2.05, 4.69) is 34.6 Å². The van der Waals surface area contributed by atoms with E-state index in [1.807, 2.05) is 55.5 Å². The predicted octanol–water partition coefficient (Wildman–Crippen LogP) is 4.65. The minimum absolute atomic E-state index is 0.193. The molecule has 3 atom stereocenters. The highest BCUT2D eigenvalue weighted by molar-refractivity contribution is 5.89. The van der Waals surface area contributed by atoms with E-state index in [4.69, 9.17) is 14.2 Å². The molecule has 0 fully saturated rings. The molecule has 33 heavy (non-hydrogen) atoms. The van der Waals surface area contributed by atoms with Crippen molar-refractivity contribution >= 4 is 16.9 Å². The first-order chi connectivity index (χ1) is 16.2. The Balaban J connectivity index is 1.58. The lowest BCUT2D eigenvalue weighted by Crippen LogP contribution is -2.49. The summed E-state index contributed by atoms with van der Waals surface area (Å²) in [5, 5.41) is 4.72. The van der Waals surface area contributed by atoms with Crippen LogP contribution in [-0.2, 0) is 9.53 Å². The molecule has 166 valence electrons. The number of benzene rings is 3. The maximum absolute atomic E-state index is 13.3. The lowest BCUT2D eigenvalue weighted by molar-refractivity contribution is -0.146. The Morgan fingerprint density at radius 3 is 2.61 bits per heavy atom. The van der Waals surface area contributed by atoms with Crippen LogP contribution >= 0.6 is 0 Å². The van der Waals surface area contributed by atoms with E-state index in [-0.39, 0.29) is 24.7 Å². The summed E-state index contributed by atoms with van der Waals surface area (Å²) in [4.78, 5) is 16.9. The zero-order valence-electron chi connectivity index (χ0n) is 18.2. The van der Waals surface area contributed by atoms with Crippen LogP contribution in [-0.4, -0.2) is 30.4 Å². The summed E-state index contributed by atoms with van der Waals surface area (Å²) < 4.78 is 16.7. The van der Waals surface area contributed by atoms with Crippen LogP contribution in [0.3, 0.4) is 0 Å². The Labute approximate surface area is 191 Å². The van der Waals surface area contributed by atoms with Crippen LogP contribution in [0.25, 0.3) is 10.9 Å². The number of hydrogen-bond donors (Lipinski definition) is 2. The van der Waals surface area contributed by atoms with E-state index >= 15 is 0 Å². The average Bonchev–Trinajstić information content (AvgIpc) is 3.48. The number of nitrogens with one attached hydrogen (secondary N) is 2. The number of carbonyl (C=O) groups is 1. The fourth-order valence-corrected chi connectivity index (χ4v) is 5.08. The molecule has 2 aliphatic rings. The SMILES string of the molecule is CCOC(=O)[C@@H]1N[C@H](c2ccc3c(c2)OCO3)c2[nH]c3ccccc3c2[C@@H]1c1ccccc1. The third-order valence-electron chi connectivity index (χ3n) is 6.49. The Hall–Kier alpha value is -3.77. The number of aromatic amines is 1. The first-order valence-corrected chi connectivity index (χ1v) is 11.2. The molecule has 0 unspecified atom stereocenters. The fraction of sp³-hybridized carbons (Fsp3) is 0.222. The molecule has 0 aliphatic carbocycles. The Morgan fingerprint density at radius 2 is 1.76 bits per heavy atom. The van der Waals surface area contributed by atoms with E-state index < -0.39 is 6.04 Å². The van der Waals surface area contributed by atoms with Gasteiger partial charge in [-0.2, -0.15) is 0 Å². The molecular weight excluding hydrogens is 416 g/mol. The van der Waals surface area contributed by atoms with Gasteiger partial charge in [0.15, 0.2) is 11.5 Å². The third kappa shape index (κ3) is 3.26. The largest absolute Gasteiger partial charge is 0.465 e. The molecule has 1 aromatic heterocycles. The Bertz CT molecular complexity index is 1330. The molecule has 3 aromatic carbocycles.